The van der Waals surface area contributed by atoms with Gasteiger partial charge in [-0.2, -0.15) is 26.9 Å². The minimum absolute atomic E-state index is 0.00306. The number of hydrogen-bond donors (Lipinski definition) is 0. The van der Waals surface area contributed by atoms with Gasteiger partial charge in [0.15, 0.2) is 5.75 Å². The topological polar surface area (TPSA) is 84.2 Å². The highest BCUT2D eigenvalue weighted by Gasteiger charge is 2.48. The zero-order valence-electron chi connectivity index (χ0n) is 8.43. The van der Waals surface area contributed by atoms with Gasteiger partial charge in [-0.05, 0) is 18.2 Å². The molecule has 0 unspecified atom stereocenters. The van der Waals surface area contributed by atoms with Gasteiger partial charge in [0.25, 0.3) is 0 Å². The van der Waals surface area contributed by atoms with Gasteiger partial charge >= 0.3 is 15.6 Å². The minimum atomic E-state index is -5.84. The number of hydrogen-bond acceptors (Lipinski definition) is 5. The highest BCUT2D eigenvalue weighted by atomic mass is 32.2. The number of alkyl halides is 3. The van der Waals surface area contributed by atoms with Crippen LogP contribution in [0.5, 0.6) is 5.75 Å². The zero-order chi connectivity index (χ0) is 14.0. The Morgan fingerprint density at radius 2 is 1.94 bits per heavy atom. The maximum absolute atomic E-state index is 12.0. The van der Waals surface area contributed by atoms with E-state index in [-0.39, 0.29) is 5.56 Å². The number of nitrogens with zero attached hydrogens (tertiary/aromatic N) is 1. The molecule has 0 spiro atoms. The van der Waals surface area contributed by atoms with E-state index in [1.165, 1.54) is 6.07 Å². The van der Waals surface area contributed by atoms with Crippen LogP contribution >= 0.6 is 0 Å². The molecule has 0 saturated carbocycles. The Kier molecular flexibility index (Phi) is 3.62. The third-order valence-electron chi connectivity index (χ3n) is 1.74. The molecule has 0 saturated heterocycles. The third kappa shape index (κ3) is 2.78. The summed E-state index contributed by atoms with van der Waals surface area (Å²) in [5, 5.41) is 8.62. The van der Waals surface area contributed by atoms with Crippen molar-refractivity contribution >= 4 is 16.4 Å². The fraction of sp³-hybridized carbons (Fsp3) is 0.111. The van der Waals surface area contributed by atoms with Crippen LogP contribution < -0.4 is 4.18 Å². The standard InChI is InChI=1S/C9H4F3NO4S/c10-9(11,12)18(15,16)17-8-2-1-6(5-14)3-7(8)4-13/h1-3,5H. The molecule has 0 aromatic heterocycles. The van der Waals surface area contributed by atoms with Crippen molar-refractivity contribution < 1.29 is 30.6 Å². The van der Waals surface area contributed by atoms with Crippen molar-refractivity contribution in [3.05, 3.63) is 29.3 Å². The molecule has 0 aliphatic rings. The molecule has 18 heavy (non-hydrogen) atoms. The Labute approximate surface area is 99.5 Å². The summed E-state index contributed by atoms with van der Waals surface area (Å²) in [7, 11) is -5.84. The highest BCUT2D eigenvalue weighted by Crippen LogP contribution is 2.28. The number of halogens is 3. The quantitative estimate of drug-likeness (QED) is 0.476. The van der Waals surface area contributed by atoms with Crippen LogP contribution in [0.4, 0.5) is 13.2 Å². The van der Waals surface area contributed by atoms with Crippen molar-refractivity contribution in [2.24, 2.45) is 0 Å². The summed E-state index contributed by atoms with van der Waals surface area (Å²) in [5.74, 6) is -0.791. The number of rotatable bonds is 3. The van der Waals surface area contributed by atoms with Crippen molar-refractivity contribution in [1.82, 2.24) is 0 Å². The number of aldehydes is 1. The molecule has 0 heterocycles. The summed E-state index contributed by atoms with van der Waals surface area (Å²) in [6.45, 7) is 0. The van der Waals surface area contributed by atoms with Gasteiger partial charge < -0.3 is 4.18 Å². The van der Waals surface area contributed by atoms with Crippen LogP contribution in [0.15, 0.2) is 18.2 Å². The Hall–Kier alpha value is -2.08. The summed E-state index contributed by atoms with van der Waals surface area (Å²) >= 11 is 0. The van der Waals surface area contributed by atoms with E-state index in [0.29, 0.717) is 6.29 Å². The zero-order valence-corrected chi connectivity index (χ0v) is 9.25. The first-order valence-corrected chi connectivity index (χ1v) is 5.62. The lowest BCUT2D eigenvalue weighted by molar-refractivity contribution is -0.0500. The molecule has 9 heteroatoms. The van der Waals surface area contributed by atoms with Gasteiger partial charge in [-0.25, -0.2) is 0 Å². The van der Waals surface area contributed by atoms with Crippen LogP contribution in [0.2, 0.25) is 0 Å². The van der Waals surface area contributed by atoms with E-state index >= 15 is 0 Å². The van der Waals surface area contributed by atoms with Gasteiger partial charge in [0.05, 0.1) is 5.56 Å². The molecule has 5 nitrogen and oxygen atoms in total. The molecule has 1 rings (SSSR count). The molecule has 0 bridgehead atoms. The van der Waals surface area contributed by atoms with Gasteiger partial charge in [-0.1, -0.05) is 0 Å². The third-order valence-corrected chi connectivity index (χ3v) is 2.71. The molecule has 1 aromatic carbocycles. The van der Waals surface area contributed by atoms with Crippen molar-refractivity contribution in [1.29, 1.82) is 5.26 Å². The summed E-state index contributed by atoms with van der Waals surface area (Å²) in [4.78, 5) is 10.4. The average Bonchev–Trinajstić information content (AvgIpc) is 2.27. The smallest absolute Gasteiger partial charge is 0.375 e. The molecule has 0 N–H and O–H groups in total. The molecule has 0 atom stereocenters. The molecule has 0 amide bonds. The first kappa shape index (κ1) is 14.0. The SMILES string of the molecule is N#Cc1cc(C=O)ccc1OS(=O)(=O)C(F)(F)F. The molecule has 0 radical (unpaired) electrons. The summed E-state index contributed by atoms with van der Waals surface area (Å²) in [5.41, 5.74) is -6.08. The van der Waals surface area contributed by atoms with Gasteiger partial charge in [-0.15, -0.1) is 0 Å². The molecule has 1 aromatic rings. The van der Waals surface area contributed by atoms with Crippen LogP contribution in [-0.4, -0.2) is 20.2 Å². The monoisotopic (exact) mass is 279 g/mol. The second-order valence-corrected chi connectivity index (χ2v) is 4.51. The second kappa shape index (κ2) is 4.66. The van der Waals surface area contributed by atoms with E-state index in [4.69, 9.17) is 5.26 Å². The molecule has 96 valence electrons. The van der Waals surface area contributed by atoms with E-state index in [0.717, 1.165) is 18.2 Å². The first-order chi connectivity index (χ1) is 8.21. The molecule has 0 aliphatic carbocycles. The van der Waals surface area contributed by atoms with E-state index in [2.05, 4.69) is 4.18 Å². The predicted molar refractivity (Wildman–Crippen MR) is 52.1 cm³/mol. The van der Waals surface area contributed by atoms with E-state index < -0.39 is 26.9 Å². The van der Waals surface area contributed by atoms with E-state index in [9.17, 15) is 26.4 Å². The van der Waals surface area contributed by atoms with Crippen LogP contribution in [0, 0.1) is 11.3 Å². The number of benzene rings is 1. The van der Waals surface area contributed by atoms with Gasteiger partial charge in [0.1, 0.15) is 12.4 Å². The fourth-order valence-corrected chi connectivity index (χ4v) is 1.42. The van der Waals surface area contributed by atoms with Crippen LogP contribution in [0.3, 0.4) is 0 Å². The Morgan fingerprint density at radius 1 is 1.33 bits per heavy atom. The van der Waals surface area contributed by atoms with Crippen molar-refractivity contribution in [3.8, 4) is 11.8 Å². The Bertz CT molecular complexity index is 616. The van der Waals surface area contributed by atoms with Crippen molar-refractivity contribution in [2.75, 3.05) is 0 Å². The van der Waals surface area contributed by atoms with Gasteiger partial charge in [0.2, 0.25) is 0 Å². The number of carbonyl (C=O) groups is 1. The van der Waals surface area contributed by atoms with Crippen molar-refractivity contribution in [3.63, 3.8) is 0 Å². The number of carbonyl (C=O) groups excluding carboxylic acids is 1. The molecular formula is C9H4F3NO4S. The van der Waals surface area contributed by atoms with Crippen LogP contribution in [-0.2, 0) is 10.1 Å². The highest BCUT2D eigenvalue weighted by molar-refractivity contribution is 7.88. The fourth-order valence-electron chi connectivity index (χ4n) is 0.946. The Morgan fingerprint density at radius 3 is 2.39 bits per heavy atom. The maximum atomic E-state index is 12.0. The van der Waals surface area contributed by atoms with Crippen LogP contribution in [0.1, 0.15) is 15.9 Å². The maximum Gasteiger partial charge on any atom is 0.534 e. The van der Waals surface area contributed by atoms with Gasteiger partial charge in [-0.3, -0.25) is 4.79 Å². The van der Waals surface area contributed by atoms with Crippen LogP contribution in [0.25, 0.3) is 0 Å². The lowest BCUT2D eigenvalue weighted by Crippen LogP contribution is -2.28. The average molecular weight is 279 g/mol. The Balaban J connectivity index is 3.22. The lowest BCUT2D eigenvalue weighted by atomic mass is 10.1. The first-order valence-electron chi connectivity index (χ1n) is 4.21. The second-order valence-electron chi connectivity index (χ2n) is 2.97. The van der Waals surface area contributed by atoms with E-state index in [1.54, 1.807) is 0 Å². The van der Waals surface area contributed by atoms with Gasteiger partial charge in [0, 0.05) is 5.56 Å². The molecule has 0 aliphatic heterocycles. The summed E-state index contributed by atoms with van der Waals surface area (Å²) < 4.78 is 61.4. The molecule has 0 fully saturated rings. The normalized spacial score (nSPS) is 11.7. The van der Waals surface area contributed by atoms with Crippen molar-refractivity contribution in [2.45, 2.75) is 5.51 Å². The summed E-state index contributed by atoms with van der Waals surface area (Å²) in [6, 6.07) is 4.16. The minimum Gasteiger partial charge on any atom is -0.375 e. The largest absolute Gasteiger partial charge is 0.534 e. The predicted octanol–water partition coefficient (Wildman–Crippen LogP) is 1.60. The lowest BCUT2D eigenvalue weighted by Gasteiger charge is -2.10. The molecular weight excluding hydrogens is 275 g/mol. The van der Waals surface area contributed by atoms with E-state index in [1.807, 2.05) is 0 Å². The number of nitriles is 1. The summed E-state index contributed by atoms with van der Waals surface area (Å²) in [6.07, 6.45) is 0.350.